The fourth-order valence-corrected chi connectivity index (χ4v) is 4.39. The van der Waals surface area contributed by atoms with Gasteiger partial charge in [0.05, 0.1) is 17.0 Å². The highest BCUT2D eigenvalue weighted by Crippen LogP contribution is 2.23. The van der Waals surface area contributed by atoms with Crippen molar-refractivity contribution in [1.82, 2.24) is 15.2 Å². The number of nitrogens with zero attached hydrogens (tertiary/aromatic N) is 3. The molecule has 22 heavy (non-hydrogen) atoms. The first-order valence-corrected chi connectivity index (χ1v) is 9.31. The molecule has 1 fully saturated rings. The quantitative estimate of drug-likeness (QED) is 0.415. The van der Waals surface area contributed by atoms with Gasteiger partial charge in [0.25, 0.3) is 0 Å². The third-order valence-electron chi connectivity index (χ3n) is 3.62. The molecule has 1 aliphatic heterocycles. The number of hydrogen-bond donors (Lipinski definition) is 1. The summed E-state index contributed by atoms with van der Waals surface area (Å²) < 4.78 is 23.3. The number of aromatic nitrogens is 1. The molecule has 2 heterocycles. The van der Waals surface area contributed by atoms with Crippen molar-refractivity contribution in [2.45, 2.75) is 32.1 Å². The van der Waals surface area contributed by atoms with E-state index >= 15 is 0 Å². The first kappa shape index (κ1) is 19.6. The molecule has 1 aromatic rings. The molecule has 0 saturated carbocycles. The molecule has 0 atom stereocenters. The van der Waals surface area contributed by atoms with Crippen LogP contribution in [0.2, 0.25) is 0 Å². The summed E-state index contributed by atoms with van der Waals surface area (Å²) in [4.78, 5) is 11.7. The molecule has 1 aromatic heterocycles. The number of sulfone groups is 1. The molecule has 0 amide bonds. The number of halogens is 1. The summed E-state index contributed by atoms with van der Waals surface area (Å²) in [6.45, 7) is 7.09. The highest BCUT2D eigenvalue weighted by Gasteiger charge is 2.40. The van der Waals surface area contributed by atoms with Crippen molar-refractivity contribution in [3.8, 4) is 0 Å². The first-order valence-electron chi connectivity index (χ1n) is 6.84. The van der Waals surface area contributed by atoms with Gasteiger partial charge in [-0.05, 0) is 20.8 Å². The third kappa shape index (κ3) is 4.31. The number of guanidine groups is 1. The van der Waals surface area contributed by atoms with Crippen LogP contribution in [-0.2, 0) is 16.4 Å². The fourth-order valence-electron chi connectivity index (χ4n) is 2.29. The Morgan fingerprint density at radius 1 is 1.55 bits per heavy atom. The van der Waals surface area contributed by atoms with Gasteiger partial charge in [-0.25, -0.2) is 13.4 Å². The molecular weight excluding hydrogens is 435 g/mol. The smallest absolute Gasteiger partial charge is 0.194 e. The van der Waals surface area contributed by atoms with Crippen LogP contribution in [0.3, 0.4) is 0 Å². The lowest BCUT2D eigenvalue weighted by atomic mass is 10.2. The van der Waals surface area contributed by atoms with Gasteiger partial charge < -0.3 is 10.2 Å². The van der Waals surface area contributed by atoms with E-state index in [1.807, 2.05) is 18.0 Å². The normalized spacial score (nSPS) is 20.4. The Hall–Kier alpha value is -0.420. The number of rotatable bonds is 2. The minimum Gasteiger partial charge on any atom is -0.350 e. The number of aryl methyl sites for hydroxylation is 1. The molecule has 0 radical (unpaired) electrons. The van der Waals surface area contributed by atoms with Crippen LogP contribution in [0.4, 0.5) is 0 Å². The maximum Gasteiger partial charge on any atom is 0.194 e. The van der Waals surface area contributed by atoms with E-state index in [2.05, 4.69) is 15.3 Å². The summed E-state index contributed by atoms with van der Waals surface area (Å²) in [6.07, 6.45) is 1.85. The van der Waals surface area contributed by atoms with Crippen LogP contribution in [0.1, 0.15) is 23.7 Å². The van der Waals surface area contributed by atoms with Crippen LogP contribution in [-0.4, -0.2) is 54.9 Å². The zero-order chi connectivity index (χ0) is 15.7. The van der Waals surface area contributed by atoms with E-state index in [1.165, 1.54) is 4.88 Å². The second kappa shape index (κ2) is 7.43. The van der Waals surface area contributed by atoms with E-state index in [0.717, 1.165) is 11.0 Å². The van der Waals surface area contributed by atoms with Gasteiger partial charge in [0, 0.05) is 31.2 Å². The number of hydrogen-bond acceptors (Lipinski definition) is 5. The van der Waals surface area contributed by atoms with Crippen LogP contribution >= 0.6 is 35.3 Å². The lowest BCUT2D eigenvalue weighted by molar-refractivity contribution is 0.353. The Kier molecular flexibility index (Phi) is 6.63. The summed E-state index contributed by atoms with van der Waals surface area (Å²) in [5.74, 6) is 0.891. The number of aliphatic imine (C=N–C) groups is 1. The van der Waals surface area contributed by atoms with Crippen molar-refractivity contribution < 1.29 is 8.42 Å². The molecule has 6 nitrogen and oxygen atoms in total. The van der Waals surface area contributed by atoms with Gasteiger partial charge in [0.15, 0.2) is 15.8 Å². The molecule has 0 bridgehead atoms. The summed E-state index contributed by atoms with van der Waals surface area (Å²) in [5, 5.41) is 4.26. The molecule has 1 N–H and O–H groups in total. The molecule has 0 spiro atoms. The van der Waals surface area contributed by atoms with E-state index in [0.29, 0.717) is 19.6 Å². The van der Waals surface area contributed by atoms with Crippen molar-refractivity contribution in [3.63, 3.8) is 0 Å². The summed E-state index contributed by atoms with van der Waals surface area (Å²) >= 11 is 1.64. The molecule has 1 aliphatic rings. The van der Waals surface area contributed by atoms with Crippen LogP contribution in [0.25, 0.3) is 0 Å². The molecule has 0 aliphatic carbocycles. The SMILES string of the molecule is CN=C(NCc1ncc(C)s1)N1CCS(=O)(=O)C(C)(C)C1.I. The Morgan fingerprint density at radius 2 is 2.23 bits per heavy atom. The standard InChI is InChI=1S/C13H22N4O2S2.HI/c1-10-7-15-11(20-10)8-16-12(14-4)17-5-6-21(18,19)13(2,3)9-17;/h7H,5-6,8-9H2,1-4H3,(H,14,16);1H. The van der Waals surface area contributed by atoms with Gasteiger partial charge >= 0.3 is 0 Å². The molecule has 0 unspecified atom stereocenters. The van der Waals surface area contributed by atoms with Crippen molar-refractivity contribution in [1.29, 1.82) is 0 Å². The predicted molar refractivity (Wildman–Crippen MR) is 102 cm³/mol. The van der Waals surface area contributed by atoms with E-state index in [4.69, 9.17) is 0 Å². The van der Waals surface area contributed by atoms with Crippen LogP contribution in [0, 0.1) is 6.92 Å². The molecule has 9 heteroatoms. The average molecular weight is 458 g/mol. The maximum absolute atomic E-state index is 12.0. The fraction of sp³-hybridized carbons (Fsp3) is 0.692. The first-order chi connectivity index (χ1) is 9.75. The number of nitrogens with one attached hydrogen (secondary N) is 1. The minimum absolute atomic E-state index is 0. The van der Waals surface area contributed by atoms with E-state index in [1.54, 1.807) is 32.2 Å². The van der Waals surface area contributed by atoms with Gasteiger partial charge in [-0.3, -0.25) is 4.99 Å². The van der Waals surface area contributed by atoms with Crippen LogP contribution in [0.5, 0.6) is 0 Å². The van der Waals surface area contributed by atoms with Crippen LogP contribution < -0.4 is 5.32 Å². The van der Waals surface area contributed by atoms with E-state index in [9.17, 15) is 8.42 Å². The van der Waals surface area contributed by atoms with Crippen molar-refractivity contribution in [2.24, 2.45) is 4.99 Å². The van der Waals surface area contributed by atoms with Gasteiger partial charge in [-0.2, -0.15) is 0 Å². The Balaban J connectivity index is 0.00000242. The maximum atomic E-state index is 12.0. The van der Waals surface area contributed by atoms with Crippen LogP contribution in [0.15, 0.2) is 11.2 Å². The molecular formula is C13H23IN4O2S2. The van der Waals surface area contributed by atoms with E-state index < -0.39 is 14.6 Å². The lowest BCUT2D eigenvalue weighted by Gasteiger charge is -2.39. The topological polar surface area (TPSA) is 74.7 Å². The zero-order valence-corrected chi connectivity index (χ0v) is 17.3. The van der Waals surface area contributed by atoms with Gasteiger partial charge in [0.2, 0.25) is 0 Å². The molecule has 126 valence electrons. The third-order valence-corrected chi connectivity index (χ3v) is 7.07. The average Bonchev–Trinajstić information content (AvgIpc) is 2.80. The summed E-state index contributed by atoms with van der Waals surface area (Å²) in [5.41, 5.74) is 0. The Labute approximate surface area is 153 Å². The highest BCUT2D eigenvalue weighted by molar-refractivity contribution is 14.0. The second-order valence-electron chi connectivity index (χ2n) is 5.77. The monoisotopic (exact) mass is 458 g/mol. The summed E-state index contributed by atoms with van der Waals surface area (Å²) in [6, 6.07) is 0. The van der Waals surface area contributed by atoms with Gasteiger partial charge in [0.1, 0.15) is 5.01 Å². The van der Waals surface area contributed by atoms with Gasteiger partial charge in [-0.15, -0.1) is 35.3 Å². The zero-order valence-electron chi connectivity index (χ0n) is 13.3. The van der Waals surface area contributed by atoms with Crippen molar-refractivity contribution in [2.75, 3.05) is 25.9 Å². The highest BCUT2D eigenvalue weighted by atomic mass is 127. The largest absolute Gasteiger partial charge is 0.350 e. The second-order valence-corrected chi connectivity index (χ2v) is 9.83. The molecule has 1 saturated heterocycles. The summed E-state index contributed by atoms with van der Waals surface area (Å²) in [7, 11) is -1.32. The van der Waals surface area contributed by atoms with Crippen molar-refractivity contribution >= 4 is 51.1 Å². The molecule has 0 aromatic carbocycles. The lowest BCUT2D eigenvalue weighted by Crippen LogP contribution is -2.57. The Morgan fingerprint density at radius 3 is 2.73 bits per heavy atom. The Bertz CT molecular complexity index is 640. The van der Waals surface area contributed by atoms with Crippen molar-refractivity contribution in [3.05, 3.63) is 16.1 Å². The van der Waals surface area contributed by atoms with E-state index in [-0.39, 0.29) is 29.7 Å². The molecule has 2 rings (SSSR count). The number of thiazole rings is 1. The predicted octanol–water partition coefficient (Wildman–Crippen LogP) is 1.65. The minimum atomic E-state index is -3.03. The van der Waals surface area contributed by atoms with Gasteiger partial charge in [-0.1, -0.05) is 0 Å².